The van der Waals surface area contributed by atoms with Crippen LogP contribution in [-0.4, -0.2) is 38.7 Å². The van der Waals surface area contributed by atoms with Gasteiger partial charge in [0.2, 0.25) is 9.05 Å². The van der Waals surface area contributed by atoms with E-state index in [0.717, 1.165) is 18.4 Å². The maximum absolute atomic E-state index is 10.7. The standard InChI is InChI=1S/C10H18ClNO2S/c11-15(13,14)6-2-5-12-7-9-3-1-4-10(9)8-12/h9-10H,1-8H2. The van der Waals surface area contributed by atoms with Crippen LogP contribution < -0.4 is 0 Å². The van der Waals surface area contributed by atoms with Crippen LogP contribution in [0.1, 0.15) is 25.7 Å². The molecule has 0 N–H and O–H groups in total. The fraction of sp³-hybridized carbons (Fsp3) is 1.00. The molecular weight excluding hydrogens is 234 g/mol. The Morgan fingerprint density at radius 1 is 1.20 bits per heavy atom. The van der Waals surface area contributed by atoms with Gasteiger partial charge in [0.15, 0.2) is 0 Å². The largest absolute Gasteiger partial charge is 0.303 e. The van der Waals surface area contributed by atoms with E-state index in [9.17, 15) is 8.42 Å². The van der Waals surface area contributed by atoms with Crippen LogP contribution in [0.5, 0.6) is 0 Å². The van der Waals surface area contributed by atoms with Gasteiger partial charge in [-0.05, 0) is 37.6 Å². The summed E-state index contributed by atoms with van der Waals surface area (Å²) in [5.74, 6) is 1.88. The number of fused-ring (bicyclic) bond motifs is 1. The number of likely N-dealkylation sites (tertiary alicyclic amines) is 1. The predicted octanol–water partition coefficient (Wildman–Crippen LogP) is 1.68. The fourth-order valence-electron chi connectivity index (χ4n) is 2.98. The van der Waals surface area contributed by atoms with Crippen LogP contribution in [0, 0.1) is 11.8 Å². The average Bonchev–Trinajstić information content (AvgIpc) is 2.60. The van der Waals surface area contributed by atoms with Crippen LogP contribution in [0.3, 0.4) is 0 Å². The van der Waals surface area contributed by atoms with E-state index in [1.54, 1.807) is 0 Å². The van der Waals surface area contributed by atoms with E-state index in [-0.39, 0.29) is 5.75 Å². The Kier molecular flexibility index (Phi) is 3.58. The van der Waals surface area contributed by atoms with Crippen LogP contribution in [-0.2, 0) is 9.05 Å². The van der Waals surface area contributed by atoms with Crippen molar-refractivity contribution < 1.29 is 8.42 Å². The SMILES string of the molecule is O=S(=O)(Cl)CCCN1CC2CCCC2C1. The van der Waals surface area contributed by atoms with Gasteiger partial charge in [-0.2, -0.15) is 0 Å². The second-order valence-corrected chi connectivity index (χ2v) is 7.70. The second-order valence-electron chi connectivity index (χ2n) is 4.81. The summed E-state index contributed by atoms with van der Waals surface area (Å²) >= 11 is 0. The Hall–Kier alpha value is 0.200. The highest BCUT2D eigenvalue weighted by Crippen LogP contribution is 2.37. The van der Waals surface area contributed by atoms with Crippen molar-refractivity contribution in [3.63, 3.8) is 0 Å². The molecule has 15 heavy (non-hydrogen) atoms. The zero-order valence-electron chi connectivity index (χ0n) is 8.86. The van der Waals surface area contributed by atoms with Gasteiger partial charge in [0.05, 0.1) is 5.75 Å². The van der Waals surface area contributed by atoms with Crippen LogP contribution in [0.4, 0.5) is 0 Å². The van der Waals surface area contributed by atoms with Crippen molar-refractivity contribution in [2.75, 3.05) is 25.4 Å². The summed E-state index contributed by atoms with van der Waals surface area (Å²) in [7, 11) is 1.88. The van der Waals surface area contributed by atoms with Gasteiger partial charge in [-0.15, -0.1) is 0 Å². The third-order valence-electron chi connectivity index (χ3n) is 3.66. The Morgan fingerprint density at radius 3 is 2.33 bits per heavy atom. The lowest BCUT2D eigenvalue weighted by molar-refractivity contribution is 0.312. The number of hydrogen-bond donors (Lipinski definition) is 0. The molecule has 0 aromatic heterocycles. The first kappa shape index (κ1) is 11.7. The quantitative estimate of drug-likeness (QED) is 0.714. The average molecular weight is 252 g/mol. The molecule has 0 spiro atoms. The summed E-state index contributed by atoms with van der Waals surface area (Å²) in [6.07, 6.45) is 4.80. The molecule has 0 aromatic carbocycles. The zero-order valence-corrected chi connectivity index (χ0v) is 10.4. The summed E-state index contributed by atoms with van der Waals surface area (Å²) in [6.45, 7) is 3.24. The van der Waals surface area contributed by atoms with E-state index in [0.29, 0.717) is 6.42 Å². The number of halogens is 1. The van der Waals surface area contributed by atoms with E-state index in [1.165, 1.54) is 32.4 Å². The minimum atomic E-state index is -3.29. The molecule has 1 aliphatic heterocycles. The zero-order chi connectivity index (χ0) is 10.9. The van der Waals surface area contributed by atoms with Gasteiger partial charge in [-0.1, -0.05) is 6.42 Å². The summed E-state index contributed by atoms with van der Waals surface area (Å²) in [5, 5.41) is 0. The molecule has 0 amide bonds. The topological polar surface area (TPSA) is 37.4 Å². The summed E-state index contributed by atoms with van der Waals surface area (Å²) < 4.78 is 21.5. The van der Waals surface area contributed by atoms with Gasteiger partial charge >= 0.3 is 0 Å². The lowest BCUT2D eigenvalue weighted by atomic mass is 10.0. The van der Waals surface area contributed by atoms with Gasteiger partial charge in [0.1, 0.15) is 0 Å². The fourth-order valence-corrected chi connectivity index (χ4v) is 3.78. The Balaban J connectivity index is 1.69. The molecule has 0 bridgehead atoms. The first-order valence-electron chi connectivity index (χ1n) is 5.69. The molecule has 2 fully saturated rings. The van der Waals surface area contributed by atoms with E-state index >= 15 is 0 Å². The van der Waals surface area contributed by atoms with Crippen molar-refractivity contribution in [1.82, 2.24) is 4.90 Å². The summed E-state index contributed by atoms with van der Waals surface area (Å²) in [6, 6.07) is 0. The predicted molar refractivity (Wildman–Crippen MR) is 61.5 cm³/mol. The van der Waals surface area contributed by atoms with Crippen molar-refractivity contribution in [2.45, 2.75) is 25.7 Å². The molecule has 2 atom stereocenters. The molecule has 1 aliphatic carbocycles. The van der Waals surface area contributed by atoms with Crippen molar-refractivity contribution >= 4 is 19.7 Å². The molecule has 5 heteroatoms. The molecule has 88 valence electrons. The smallest absolute Gasteiger partial charge is 0.232 e. The van der Waals surface area contributed by atoms with Gasteiger partial charge in [-0.25, -0.2) is 8.42 Å². The molecule has 0 radical (unpaired) electrons. The lowest BCUT2D eigenvalue weighted by Gasteiger charge is -2.15. The molecule has 2 unspecified atom stereocenters. The lowest BCUT2D eigenvalue weighted by Crippen LogP contribution is -2.24. The molecule has 3 nitrogen and oxygen atoms in total. The van der Waals surface area contributed by atoms with Gasteiger partial charge < -0.3 is 4.90 Å². The molecule has 1 saturated heterocycles. The molecule has 2 aliphatic rings. The van der Waals surface area contributed by atoms with E-state index < -0.39 is 9.05 Å². The maximum atomic E-state index is 10.7. The van der Waals surface area contributed by atoms with E-state index in [1.807, 2.05) is 0 Å². The number of nitrogens with zero attached hydrogens (tertiary/aromatic N) is 1. The molecule has 1 heterocycles. The number of hydrogen-bond acceptors (Lipinski definition) is 3. The van der Waals surface area contributed by atoms with Gasteiger partial charge in [-0.3, -0.25) is 0 Å². The Labute approximate surface area is 96.2 Å². The van der Waals surface area contributed by atoms with Gasteiger partial charge in [0, 0.05) is 23.8 Å². The van der Waals surface area contributed by atoms with Crippen LogP contribution in [0.2, 0.25) is 0 Å². The second kappa shape index (κ2) is 4.60. The molecule has 2 rings (SSSR count). The minimum Gasteiger partial charge on any atom is -0.303 e. The van der Waals surface area contributed by atoms with E-state index in [2.05, 4.69) is 4.90 Å². The normalized spacial score (nSPS) is 32.1. The van der Waals surface area contributed by atoms with Gasteiger partial charge in [0.25, 0.3) is 0 Å². The third-order valence-corrected chi connectivity index (χ3v) is 4.90. The van der Waals surface area contributed by atoms with Crippen molar-refractivity contribution in [2.24, 2.45) is 11.8 Å². The summed E-state index contributed by atoms with van der Waals surface area (Å²) in [5.41, 5.74) is 0. The van der Waals surface area contributed by atoms with Crippen molar-refractivity contribution in [3.8, 4) is 0 Å². The van der Waals surface area contributed by atoms with Crippen molar-refractivity contribution in [3.05, 3.63) is 0 Å². The Bertz CT molecular complexity index is 305. The van der Waals surface area contributed by atoms with Crippen LogP contribution >= 0.6 is 10.7 Å². The van der Waals surface area contributed by atoms with Crippen molar-refractivity contribution in [1.29, 1.82) is 0 Å². The third kappa shape index (κ3) is 3.33. The minimum absolute atomic E-state index is 0.111. The highest BCUT2D eigenvalue weighted by atomic mass is 35.7. The molecular formula is C10H18ClNO2S. The maximum Gasteiger partial charge on any atom is 0.232 e. The van der Waals surface area contributed by atoms with Crippen LogP contribution in [0.25, 0.3) is 0 Å². The highest BCUT2D eigenvalue weighted by molar-refractivity contribution is 8.13. The Morgan fingerprint density at radius 2 is 1.80 bits per heavy atom. The first-order valence-corrected chi connectivity index (χ1v) is 8.17. The highest BCUT2D eigenvalue weighted by Gasteiger charge is 2.35. The molecule has 1 saturated carbocycles. The number of rotatable bonds is 4. The first-order chi connectivity index (χ1) is 7.04. The monoisotopic (exact) mass is 251 g/mol. The summed E-state index contributed by atoms with van der Waals surface area (Å²) in [4.78, 5) is 2.40. The van der Waals surface area contributed by atoms with E-state index in [4.69, 9.17) is 10.7 Å². The molecule has 0 aromatic rings. The van der Waals surface area contributed by atoms with Crippen LogP contribution in [0.15, 0.2) is 0 Å².